The molecule has 0 fully saturated rings. The van der Waals surface area contributed by atoms with Gasteiger partial charge in [0.1, 0.15) is 11.5 Å². The summed E-state index contributed by atoms with van der Waals surface area (Å²) >= 11 is 14.9. The number of benzene rings is 1. The van der Waals surface area contributed by atoms with Crippen LogP contribution in [0.15, 0.2) is 45.5 Å². The van der Waals surface area contributed by atoms with E-state index in [-0.39, 0.29) is 12.3 Å². The number of carbonyl (C=O) groups excluding carboxylic acids is 2. The molecule has 2 rings (SSSR count). The third-order valence-electron chi connectivity index (χ3n) is 3.02. The highest BCUT2D eigenvalue weighted by atomic mass is 79.9. The van der Waals surface area contributed by atoms with Crippen molar-refractivity contribution in [2.75, 3.05) is 6.61 Å². The van der Waals surface area contributed by atoms with Crippen LogP contribution in [0.2, 0.25) is 10.0 Å². The van der Waals surface area contributed by atoms with E-state index in [4.69, 9.17) is 32.4 Å². The number of hydrogen-bond donors (Lipinski definition) is 2. The van der Waals surface area contributed by atoms with Gasteiger partial charge in [-0.05, 0) is 58.8 Å². The van der Waals surface area contributed by atoms with Crippen molar-refractivity contribution in [1.82, 2.24) is 10.9 Å². The fraction of sp³-hybridized carbons (Fsp3) is 0.176. The van der Waals surface area contributed by atoms with Crippen molar-refractivity contribution in [2.24, 2.45) is 0 Å². The number of nitrogens with one attached hydrogen (secondary N) is 2. The van der Waals surface area contributed by atoms with Crippen molar-refractivity contribution in [1.29, 1.82) is 0 Å². The molecule has 1 aromatic carbocycles. The van der Waals surface area contributed by atoms with Crippen LogP contribution < -0.4 is 15.6 Å². The van der Waals surface area contributed by atoms with Gasteiger partial charge in [-0.2, -0.15) is 0 Å². The van der Waals surface area contributed by atoms with Crippen molar-refractivity contribution < 1.29 is 18.7 Å². The highest BCUT2D eigenvalue weighted by molar-refractivity contribution is 9.10. The summed E-state index contributed by atoms with van der Waals surface area (Å²) in [6.45, 7) is 0.302. The maximum absolute atomic E-state index is 11.7. The Morgan fingerprint density at radius 3 is 2.69 bits per heavy atom. The smallest absolute Gasteiger partial charge is 0.262 e. The molecule has 0 saturated carbocycles. The normalized spacial score (nSPS) is 10.7. The largest absolute Gasteiger partial charge is 0.492 e. The number of halogens is 3. The summed E-state index contributed by atoms with van der Waals surface area (Å²) in [5.74, 6) is 0.198. The van der Waals surface area contributed by atoms with Gasteiger partial charge in [-0.15, -0.1) is 0 Å². The summed E-state index contributed by atoms with van der Waals surface area (Å²) in [7, 11) is 0. The third kappa shape index (κ3) is 7.11. The van der Waals surface area contributed by atoms with Gasteiger partial charge in [0, 0.05) is 17.5 Å². The second-order valence-corrected chi connectivity index (χ2v) is 6.66. The molecule has 6 nitrogen and oxygen atoms in total. The van der Waals surface area contributed by atoms with Gasteiger partial charge in [0.2, 0.25) is 5.91 Å². The topological polar surface area (TPSA) is 80.6 Å². The minimum atomic E-state index is -0.477. The van der Waals surface area contributed by atoms with Crippen LogP contribution in [0.5, 0.6) is 5.75 Å². The summed E-state index contributed by atoms with van der Waals surface area (Å²) in [6.07, 6.45) is 3.37. The van der Waals surface area contributed by atoms with Gasteiger partial charge in [-0.25, -0.2) is 0 Å². The van der Waals surface area contributed by atoms with Crippen LogP contribution in [-0.2, 0) is 9.59 Å². The fourth-order valence-corrected chi connectivity index (χ4v) is 2.60. The van der Waals surface area contributed by atoms with Gasteiger partial charge in [-0.1, -0.05) is 23.2 Å². The van der Waals surface area contributed by atoms with Crippen LogP contribution in [0.25, 0.3) is 6.08 Å². The van der Waals surface area contributed by atoms with Crippen LogP contribution >= 0.6 is 39.1 Å². The van der Waals surface area contributed by atoms with E-state index in [0.29, 0.717) is 39.3 Å². The lowest BCUT2D eigenvalue weighted by Crippen LogP contribution is -2.40. The van der Waals surface area contributed by atoms with E-state index in [1.54, 1.807) is 30.3 Å². The zero-order chi connectivity index (χ0) is 18.9. The van der Waals surface area contributed by atoms with Crippen molar-refractivity contribution >= 4 is 57.0 Å². The molecule has 2 N–H and O–H groups in total. The van der Waals surface area contributed by atoms with Gasteiger partial charge in [0.15, 0.2) is 4.67 Å². The molecular weight excluding hydrogens is 447 g/mol. The SMILES string of the molecule is O=C(/C=C/c1ccc(Br)o1)NNC(=O)CCCOc1ccc(Cl)cc1Cl. The minimum absolute atomic E-state index is 0.181. The van der Waals surface area contributed by atoms with E-state index in [1.165, 1.54) is 12.2 Å². The van der Waals surface area contributed by atoms with Crippen molar-refractivity contribution in [3.63, 3.8) is 0 Å². The Labute approximate surface area is 168 Å². The molecule has 138 valence electrons. The van der Waals surface area contributed by atoms with E-state index in [9.17, 15) is 9.59 Å². The molecule has 0 spiro atoms. The second kappa shape index (κ2) is 10.3. The summed E-state index contributed by atoms with van der Waals surface area (Å²) in [4.78, 5) is 23.3. The lowest BCUT2D eigenvalue weighted by atomic mass is 10.3. The number of ether oxygens (including phenoxy) is 1. The van der Waals surface area contributed by atoms with Crippen molar-refractivity contribution in [3.8, 4) is 5.75 Å². The number of furan rings is 1. The van der Waals surface area contributed by atoms with Crippen LogP contribution in [0, 0.1) is 0 Å². The Bertz CT molecular complexity index is 808. The molecule has 26 heavy (non-hydrogen) atoms. The molecule has 0 atom stereocenters. The zero-order valence-electron chi connectivity index (χ0n) is 13.4. The molecule has 0 saturated heterocycles. The summed E-state index contributed by atoms with van der Waals surface area (Å²) in [6, 6.07) is 8.31. The molecule has 0 unspecified atom stereocenters. The Balaban J connectivity index is 1.62. The predicted molar refractivity (Wildman–Crippen MR) is 103 cm³/mol. The number of rotatable bonds is 7. The quantitative estimate of drug-likeness (QED) is 0.364. The molecule has 0 aliphatic rings. The van der Waals surface area contributed by atoms with Crippen LogP contribution in [-0.4, -0.2) is 18.4 Å². The molecule has 0 bridgehead atoms. The number of hydrazine groups is 1. The molecule has 1 aromatic heterocycles. The average Bonchev–Trinajstić information content (AvgIpc) is 3.02. The first-order valence-corrected chi connectivity index (χ1v) is 9.09. The molecule has 0 aliphatic carbocycles. The summed E-state index contributed by atoms with van der Waals surface area (Å²) < 4.78 is 11.2. The monoisotopic (exact) mass is 460 g/mol. The Hall–Kier alpha value is -1.96. The van der Waals surface area contributed by atoms with Crippen molar-refractivity contribution in [3.05, 3.63) is 56.9 Å². The third-order valence-corrected chi connectivity index (χ3v) is 3.97. The number of carbonyl (C=O) groups is 2. The maximum Gasteiger partial charge on any atom is 0.262 e. The number of hydrogen-bond acceptors (Lipinski definition) is 4. The maximum atomic E-state index is 11.7. The van der Waals surface area contributed by atoms with Gasteiger partial charge < -0.3 is 9.15 Å². The van der Waals surface area contributed by atoms with Crippen molar-refractivity contribution in [2.45, 2.75) is 12.8 Å². The molecular formula is C17H15BrCl2N2O4. The standard InChI is InChI=1S/C17H15BrCl2N2O4/c18-15-7-4-12(26-15)5-8-17(24)22-21-16(23)2-1-9-25-14-6-3-11(19)10-13(14)20/h3-8,10H,1-2,9H2,(H,21,23)(H,22,24)/b8-5+. The van der Waals surface area contributed by atoms with Gasteiger partial charge in [-0.3, -0.25) is 20.4 Å². The van der Waals surface area contributed by atoms with E-state index in [2.05, 4.69) is 26.8 Å². The van der Waals surface area contributed by atoms with Gasteiger partial charge >= 0.3 is 0 Å². The molecule has 9 heteroatoms. The molecule has 1 heterocycles. The van der Waals surface area contributed by atoms with E-state index >= 15 is 0 Å². The Kier molecular flexibility index (Phi) is 8.03. The number of amides is 2. The summed E-state index contributed by atoms with van der Waals surface area (Å²) in [5.41, 5.74) is 4.59. The Morgan fingerprint density at radius 2 is 2.00 bits per heavy atom. The van der Waals surface area contributed by atoms with Crippen LogP contribution in [0.4, 0.5) is 0 Å². The van der Waals surface area contributed by atoms with Gasteiger partial charge in [0.25, 0.3) is 5.91 Å². The van der Waals surface area contributed by atoms with Gasteiger partial charge in [0.05, 0.1) is 11.6 Å². The fourth-order valence-electron chi connectivity index (χ4n) is 1.82. The van der Waals surface area contributed by atoms with E-state index in [0.717, 1.165) is 0 Å². The summed E-state index contributed by atoms with van der Waals surface area (Å²) in [5, 5.41) is 0.927. The highest BCUT2D eigenvalue weighted by Crippen LogP contribution is 2.27. The van der Waals surface area contributed by atoms with Crippen LogP contribution in [0.1, 0.15) is 18.6 Å². The highest BCUT2D eigenvalue weighted by Gasteiger charge is 2.05. The first-order chi connectivity index (χ1) is 12.4. The molecule has 2 amide bonds. The average molecular weight is 462 g/mol. The molecule has 2 aromatic rings. The zero-order valence-corrected chi connectivity index (χ0v) is 16.5. The van der Waals surface area contributed by atoms with E-state index < -0.39 is 5.91 Å². The lowest BCUT2D eigenvalue weighted by Gasteiger charge is -2.08. The molecule has 0 radical (unpaired) electrons. The van der Waals surface area contributed by atoms with Crippen LogP contribution in [0.3, 0.4) is 0 Å². The second-order valence-electron chi connectivity index (χ2n) is 5.04. The van der Waals surface area contributed by atoms with E-state index in [1.807, 2.05) is 0 Å². The Morgan fingerprint density at radius 1 is 1.19 bits per heavy atom. The lowest BCUT2D eigenvalue weighted by molar-refractivity contribution is -0.126. The minimum Gasteiger partial charge on any atom is -0.492 e. The predicted octanol–water partition coefficient (Wildman–Crippen LogP) is 4.37. The molecule has 0 aliphatic heterocycles. The first kappa shape index (κ1) is 20.4. The first-order valence-electron chi connectivity index (χ1n) is 7.54.